The van der Waals surface area contributed by atoms with Crippen LogP contribution >= 0.6 is 0 Å². The molecule has 0 spiro atoms. The van der Waals surface area contributed by atoms with Crippen molar-refractivity contribution in [2.24, 2.45) is 0 Å². The second-order valence-corrected chi connectivity index (χ2v) is 6.30. The van der Waals surface area contributed by atoms with E-state index in [0.29, 0.717) is 6.42 Å². The Bertz CT molecular complexity index is 526. The van der Waals surface area contributed by atoms with Crippen LogP contribution in [0.2, 0.25) is 0 Å². The van der Waals surface area contributed by atoms with Gasteiger partial charge in [0.25, 0.3) is 0 Å². The fourth-order valence-electron chi connectivity index (χ4n) is 2.16. The highest BCUT2D eigenvalue weighted by atomic mass is 16.6. The van der Waals surface area contributed by atoms with Gasteiger partial charge >= 0.3 is 12.1 Å². The number of esters is 1. The lowest BCUT2D eigenvalue weighted by Crippen LogP contribution is -2.45. The molecule has 0 aliphatic rings. The van der Waals surface area contributed by atoms with E-state index in [1.807, 2.05) is 32.0 Å². The lowest BCUT2D eigenvalue weighted by atomic mass is 9.96. The van der Waals surface area contributed by atoms with Crippen LogP contribution in [0.3, 0.4) is 0 Å². The van der Waals surface area contributed by atoms with E-state index in [0.717, 1.165) is 16.7 Å². The second kappa shape index (κ2) is 7.29. The normalized spacial score (nSPS) is 12.5. The number of alkyl carbamates (subject to hydrolysis) is 1. The van der Waals surface area contributed by atoms with Crippen LogP contribution in [0.1, 0.15) is 37.5 Å². The Balaban J connectivity index is 2.90. The quantitative estimate of drug-likeness (QED) is 0.869. The predicted molar refractivity (Wildman–Crippen MR) is 84.8 cm³/mol. The highest BCUT2D eigenvalue weighted by Crippen LogP contribution is 2.16. The lowest BCUT2D eigenvalue weighted by Gasteiger charge is -2.23. The molecule has 0 aromatic heterocycles. The number of hydrogen-bond acceptors (Lipinski definition) is 4. The zero-order valence-electron chi connectivity index (χ0n) is 14.1. The maximum Gasteiger partial charge on any atom is 0.408 e. The van der Waals surface area contributed by atoms with E-state index < -0.39 is 23.7 Å². The van der Waals surface area contributed by atoms with Gasteiger partial charge in [-0.1, -0.05) is 18.2 Å². The summed E-state index contributed by atoms with van der Waals surface area (Å²) in [4.78, 5) is 23.9. The largest absolute Gasteiger partial charge is 0.467 e. The SMILES string of the molecule is COC(=O)[C@H](Cc1c(C)cccc1C)NC(=O)OC(C)(C)C. The number of amides is 1. The first-order chi connectivity index (χ1) is 10.1. The van der Waals surface area contributed by atoms with Crippen molar-refractivity contribution in [3.8, 4) is 0 Å². The van der Waals surface area contributed by atoms with Gasteiger partial charge in [-0.25, -0.2) is 9.59 Å². The van der Waals surface area contributed by atoms with E-state index in [9.17, 15) is 9.59 Å². The molecule has 0 unspecified atom stereocenters. The molecule has 0 aliphatic heterocycles. The van der Waals surface area contributed by atoms with Crippen LogP contribution in [0.5, 0.6) is 0 Å². The first-order valence-corrected chi connectivity index (χ1v) is 7.26. The maximum atomic E-state index is 11.9. The van der Waals surface area contributed by atoms with Crippen LogP contribution in [0.25, 0.3) is 0 Å². The Morgan fingerprint density at radius 3 is 2.18 bits per heavy atom. The molecule has 0 bridgehead atoms. The number of carbonyl (C=O) groups excluding carboxylic acids is 2. The van der Waals surface area contributed by atoms with Crippen LogP contribution in [0.4, 0.5) is 4.79 Å². The molecule has 0 fully saturated rings. The molecule has 1 atom stereocenters. The van der Waals surface area contributed by atoms with Gasteiger partial charge in [0.05, 0.1) is 7.11 Å². The van der Waals surface area contributed by atoms with E-state index in [1.54, 1.807) is 20.8 Å². The standard InChI is InChI=1S/C17H25NO4/c1-11-8-7-9-12(2)13(11)10-14(15(19)21-6)18-16(20)22-17(3,4)5/h7-9,14H,10H2,1-6H3,(H,18,20)/t14-/m0/s1. The Labute approximate surface area is 132 Å². The summed E-state index contributed by atoms with van der Waals surface area (Å²) >= 11 is 0. The van der Waals surface area contributed by atoms with Crippen molar-refractivity contribution in [3.63, 3.8) is 0 Å². The molecule has 122 valence electrons. The monoisotopic (exact) mass is 307 g/mol. The van der Waals surface area contributed by atoms with Crippen LogP contribution in [0.15, 0.2) is 18.2 Å². The highest BCUT2D eigenvalue weighted by Gasteiger charge is 2.26. The first-order valence-electron chi connectivity index (χ1n) is 7.26. The minimum Gasteiger partial charge on any atom is -0.467 e. The van der Waals surface area contributed by atoms with Crippen molar-refractivity contribution in [1.82, 2.24) is 5.32 Å². The molecule has 5 nitrogen and oxygen atoms in total. The molecule has 0 aliphatic carbocycles. The average Bonchev–Trinajstić information content (AvgIpc) is 2.38. The Morgan fingerprint density at radius 2 is 1.73 bits per heavy atom. The minimum atomic E-state index is -0.778. The van der Waals surface area contributed by atoms with Crippen molar-refractivity contribution >= 4 is 12.1 Å². The molecule has 22 heavy (non-hydrogen) atoms. The van der Waals surface area contributed by atoms with E-state index in [2.05, 4.69) is 5.32 Å². The number of carbonyl (C=O) groups is 2. The minimum absolute atomic E-state index is 0.365. The molecule has 5 heteroatoms. The van der Waals surface area contributed by atoms with E-state index in [-0.39, 0.29) is 0 Å². The van der Waals surface area contributed by atoms with Crippen molar-refractivity contribution in [1.29, 1.82) is 0 Å². The van der Waals surface area contributed by atoms with Gasteiger partial charge in [-0.2, -0.15) is 0 Å². The molecule has 0 radical (unpaired) electrons. The Kier molecular flexibility index (Phi) is 5.97. The summed E-state index contributed by atoms with van der Waals surface area (Å²) in [5.41, 5.74) is 2.54. The van der Waals surface area contributed by atoms with Gasteiger partial charge in [0.15, 0.2) is 0 Å². The molecule has 1 aromatic rings. The summed E-state index contributed by atoms with van der Waals surface area (Å²) in [6.45, 7) is 9.26. The summed E-state index contributed by atoms with van der Waals surface area (Å²) in [5.74, 6) is -0.492. The third-order valence-electron chi connectivity index (χ3n) is 3.23. The molecule has 1 rings (SSSR count). The number of aryl methyl sites for hydroxylation is 2. The summed E-state index contributed by atoms with van der Waals surface area (Å²) in [6.07, 6.45) is -0.265. The molecule has 1 aromatic carbocycles. The Hall–Kier alpha value is -2.04. The Morgan fingerprint density at radius 1 is 1.18 bits per heavy atom. The third kappa shape index (κ3) is 5.39. The lowest BCUT2D eigenvalue weighted by molar-refractivity contribution is -0.143. The van der Waals surface area contributed by atoms with Gasteiger partial charge in [-0.05, 0) is 51.3 Å². The maximum absolute atomic E-state index is 11.9. The fourth-order valence-corrected chi connectivity index (χ4v) is 2.16. The molecule has 0 heterocycles. The van der Waals surface area contributed by atoms with Gasteiger partial charge in [0.1, 0.15) is 11.6 Å². The van der Waals surface area contributed by atoms with Crippen molar-refractivity contribution in [3.05, 3.63) is 34.9 Å². The van der Waals surface area contributed by atoms with Crippen LogP contribution in [-0.4, -0.2) is 30.8 Å². The molecule has 0 saturated heterocycles. The van der Waals surface area contributed by atoms with Crippen molar-refractivity contribution < 1.29 is 19.1 Å². The van der Waals surface area contributed by atoms with Gasteiger partial charge in [-0.15, -0.1) is 0 Å². The highest BCUT2D eigenvalue weighted by molar-refractivity contribution is 5.81. The van der Waals surface area contributed by atoms with Crippen molar-refractivity contribution in [2.45, 2.75) is 52.7 Å². The fraction of sp³-hybridized carbons (Fsp3) is 0.529. The van der Waals surface area contributed by atoms with Gasteiger partial charge in [0.2, 0.25) is 0 Å². The number of methoxy groups -OCH3 is 1. The molecule has 1 N–H and O–H groups in total. The summed E-state index contributed by atoms with van der Waals surface area (Å²) in [7, 11) is 1.30. The number of hydrogen-bond donors (Lipinski definition) is 1. The van der Waals surface area contributed by atoms with E-state index in [1.165, 1.54) is 7.11 Å². The summed E-state index contributed by atoms with van der Waals surface area (Å²) in [5, 5.41) is 2.59. The number of nitrogens with one attached hydrogen (secondary N) is 1. The zero-order valence-corrected chi connectivity index (χ0v) is 14.1. The molecule has 0 saturated carbocycles. The van der Waals surface area contributed by atoms with Crippen LogP contribution in [0, 0.1) is 13.8 Å². The number of rotatable bonds is 4. The topological polar surface area (TPSA) is 64.6 Å². The summed E-state index contributed by atoms with van der Waals surface area (Å²) in [6, 6.07) is 5.14. The summed E-state index contributed by atoms with van der Waals surface area (Å²) < 4.78 is 9.99. The van der Waals surface area contributed by atoms with Crippen molar-refractivity contribution in [2.75, 3.05) is 7.11 Å². The van der Waals surface area contributed by atoms with Gasteiger partial charge in [0, 0.05) is 6.42 Å². The van der Waals surface area contributed by atoms with Crippen LogP contribution in [-0.2, 0) is 20.7 Å². The third-order valence-corrected chi connectivity index (χ3v) is 3.23. The van der Waals surface area contributed by atoms with Gasteiger partial charge in [-0.3, -0.25) is 0 Å². The predicted octanol–water partition coefficient (Wildman–Crippen LogP) is 2.91. The zero-order chi connectivity index (χ0) is 16.9. The first kappa shape index (κ1) is 18.0. The van der Waals surface area contributed by atoms with Crippen LogP contribution < -0.4 is 5.32 Å². The second-order valence-electron chi connectivity index (χ2n) is 6.30. The molecule has 1 amide bonds. The molecular formula is C17H25NO4. The van der Waals surface area contributed by atoms with Gasteiger partial charge < -0.3 is 14.8 Å². The molecular weight excluding hydrogens is 282 g/mol. The van der Waals surface area contributed by atoms with E-state index >= 15 is 0 Å². The number of ether oxygens (including phenoxy) is 2. The smallest absolute Gasteiger partial charge is 0.408 e. The average molecular weight is 307 g/mol. The van der Waals surface area contributed by atoms with E-state index in [4.69, 9.17) is 9.47 Å². The number of benzene rings is 1.